The van der Waals surface area contributed by atoms with Crippen LogP contribution < -0.4 is 5.32 Å². The van der Waals surface area contributed by atoms with Crippen molar-refractivity contribution in [3.63, 3.8) is 0 Å². The van der Waals surface area contributed by atoms with Gasteiger partial charge in [0.25, 0.3) is 0 Å². The maximum atomic E-state index is 12.9. The Labute approximate surface area is 140 Å². The number of hydrogen-bond donors (Lipinski definition) is 1. The Morgan fingerprint density at radius 3 is 2.17 bits per heavy atom. The number of benzene rings is 2. The summed E-state index contributed by atoms with van der Waals surface area (Å²) in [6.07, 6.45) is 5.39. The highest BCUT2D eigenvalue weighted by atomic mass is 16.5. The molecular weight excluding hydrogens is 302 g/mol. The molecule has 4 heteroatoms. The first-order chi connectivity index (χ1) is 11.7. The molecule has 0 bridgehead atoms. The summed E-state index contributed by atoms with van der Waals surface area (Å²) >= 11 is 0. The number of carbonyl (C=O) groups is 2. The highest BCUT2D eigenvalue weighted by Crippen LogP contribution is 2.44. The molecule has 2 aromatic rings. The lowest BCUT2D eigenvalue weighted by atomic mass is 9.95. The van der Waals surface area contributed by atoms with Gasteiger partial charge in [-0.15, -0.1) is 12.3 Å². The van der Waals surface area contributed by atoms with E-state index in [1.807, 2.05) is 48.5 Å². The van der Waals surface area contributed by atoms with E-state index in [2.05, 4.69) is 11.2 Å². The summed E-state index contributed by atoms with van der Waals surface area (Å²) in [4.78, 5) is 24.7. The molecule has 0 aromatic heterocycles. The minimum atomic E-state index is -0.840. The second-order valence-electron chi connectivity index (χ2n) is 5.60. The first kappa shape index (κ1) is 15.8. The van der Waals surface area contributed by atoms with E-state index < -0.39 is 17.9 Å². The van der Waals surface area contributed by atoms with Crippen molar-refractivity contribution in [2.75, 3.05) is 7.11 Å². The van der Waals surface area contributed by atoms with Crippen LogP contribution in [0.4, 0.5) is 0 Å². The van der Waals surface area contributed by atoms with Crippen LogP contribution in [0.5, 0.6) is 0 Å². The van der Waals surface area contributed by atoms with Crippen LogP contribution in [0.2, 0.25) is 0 Å². The largest absolute Gasteiger partial charge is 0.467 e. The van der Waals surface area contributed by atoms with Crippen molar-refractivity contribution in [1.29, 1.82) is 0 Å². The summed E-state index contributed by atoms with van der Waals surface area (Å²) in [6.45, 7) is 0. The van der Waals surface area contributed by atoms with Crippen LogP contribution in [0.1, 0.15) is 23.5 Å². The number of fused-ring (bicyclic) bond motifs is 3. The van der Waals surface area contributed by atoms with E-state index in [4.69, 9.17) is 11.2 Å². The lowest BCUT2D eigenvalue weighted by Crippen LogP contribution is -2.43. The number of rotatable bonds is 4. The zero-order valence-corrected chi connectivity index (χ0v) is 13.3. The summed E-state index contributed by atoms with van der Waals surface area (Å²) in [5.41, 5.74) is 3.95. The predicted molar refractivity (Wildman–Crippen MR) is 91.1 cm³/mol. The first-order valence-electron chi connectivity index (χ1n) is 7.67. The zero-order chi connectivity index (χ0) is 17.1. The maximum Gasteiger partial charge on any atom is 0.329 e. The molecule has 4 nitrogen and oxygen atoms in total. The summed E-state index contributed by atoms with van der Waals surface area (Å²) in [7, 11) is 1.28. The van der Waals surface area contributed by atoms with Crippen molar-refractivity contribution in [2.45, 2.75) is 18.4 Å². The number of nitrogens with one attached hydrogen (secondary N) is 1. The van der Waals surface area contributed by atoms with Gasteiger partial charge in [-0.25, -0.2) is 4.79 Å². The second-order valence-corrected chi connectivity index (χ2v) is 5.60. The topological polar surface area (TPSA) is 55.4 Å². The standard InChI is InChI=1S/C20H17NO3/c1-3-8-17(20(23)24-2)21-19(22)18-15-11-6-4-9-13(15)14-10-5-7-12-16(14)18/h1,4-7,9-12,17-18H,8H2,2H3,(H,21,22)/t17-/m0/s1. The Morgan fingerprint density at radius 2 is 1.67 bits per heavy atom. The van der Waals surface area contributed by atoms with E-state index >= 15 is 0 Å². The minimum Gasteiger partial charge on any atom is -0.467 e. The van der Waals surface area contributed by atoms with Gasteiger partial charge in [-0.1, -0.05) is 48.5 Å². The summed E-state index contributed by atoms with van der Waals surface area (Å²) in [5.74, 6) is 1.15. The molecule has 1 amide bonds. The second kappa shape index (κ2) is 6.59. The Balaban J connectivity index is 1.95. The van der Waals surface area contributed by atoms with Gasteiger partial charge in [0.1, 0.15) is 6.04 Å². The summed E-state index contributed by atoms with van der Waals surface area (Å²) in [6, 6.07) is 14.8. The fraction of sp³-hybridized carbons (Fsp3) is 0.200. The van der Waals surface area contributed by atoms with E-state index in [9.17, 15) is 9.59 Å². The summed E-state index contributed by atoms with van der Waals surface area (Å²) in [5, 5.41) is 2.74. The molecule has 120 valence electrons. The van der Waals surface area contributed by atoms with Crippen LogP contribution in [0.15, 0.2) is 48.5 Å². The zero-order valence-electron chi connectivity index (χ0n) is 13.3. The molecule has 3 rings (SSSR count). The normalized spacial score (nSPS) is 13.3. The third-order valence-electron chi connectivity index (χ3n) is 4.22. The Bertz CT molecular complexity index is 789. The molecule has 1 aliphatic carbocycles. The molecule has 1 N–H and O–H groups in total. The molecule has 0 aliphatic heterocycles. The van der Waals surface area contributed by atoms with Crippen molar-refractivity contribution in [1.82, 2.24) is 5.32 Å². The van der Waals surface area contributed by atoms with E-state index in [1.165, 1.54) is 7.11 Å². The monoisotopic (exact) mass is 319 g/mol. The number of methoxy groups -OCH3 is 1. The fourth-order valence-corrected chi connectivity index (χ4v) is 3.15. The van der Waals surface area contributed by atoms with Gasteiger partial charge in [0.05, 0.1) is 13.0 Å². The Morgan fingerprint density at radius 1 is 1.12 bits per heavy atom. The Hall–Kier alpha value is -3.06. The van der Waals surface area contributed by atoms with Gasteiger partial charge in [0.15, 0.2) is 0 Å². The fourth-order valence-electron chi connectivity index (χ4n) is 3.15. The minimum absolute atomic E-state index is 0.0917. The molecule has 1 atom stereocenters. The van der Waals surface area contributed by atoms with Gasteiger partial charge in [0.2, 0.25) is 5.91 Å². The Kier molecular flexibility index (Phi) is 4.35. The number of hydrogen-bond acceptors (Lipinski definition) is 3. The number of ether oxygens (including phenoxy) is 1. The summed E-state index contributed by atoms with van der Waals surface area (Å²) < 4.78 is 4.72. The third-order valence-corrected chi connectivity index (χ3v) is 4.22. The van der Waals surface area contributed by atoms with Gasteiger partial charge in [0, 0.05) is 6.42 Å². The van der Waals surface area contributed by atoms with Gasteiger partial charge in [-0.3, -0.25) is 4.79 Å². The lowest BCUT2D eigenvalue weighted by molar-refractivity contribution is -0.145. The molecule has 2 aromatic carbocycles. The highest BCUT2D eigenvalue weighted by molar-refractivity contribution is 5.97. The molecule has 0 heterocycles. The molecule has 0 saturated heterocycles. The molecule has 24 heavy (non-hydrogen) atoms. The average Bonchev–Trinajstić information content (AvgIpc) is 2.95. The number of carbonyl (C=O) groups excluding carboxylic acids is 2. The SMILES string of the molecule is C#CC[C@H](NC(=O)C1c2ccccc2-c2ccccc21)C(=O)OC. The van der Waals surface area contributed by atoms with Crippen LogP contribution >= 0.6 is 0 Å². The number of esters is 1. The smallest absolute Gasteiger partial charge is 0.329 e. The van der Waals surface area contributed by atoms with Gasteiger partial charge >= 0.3 is 5.97 Å². The van der Waals surface area contributed by atoms with E-state index in [1.54, 1.807) is 0 Å². The van der Waals surface area contributed by atoms with E-state index in [0.717, 1.165) is 22.3 Å². The number of amides is 1. The van der Waals surface area contributed by atoms with Crippen LogP contribution in [-0.4, -0.2) is 25.0 Å². The van der Waals surface area contributed by atoms with E-state index in [-0.39, 0.29) is 12.3 Å². The van der Waals surface area contributed by atoms with Crippen LogP contribution in [0.3, 0.4) is 0 Å². The van der Waals surface area contributed by atoms with Gasteiger partial charge in [-0.2, -0.15) is 0 Å². The van der Waals surface area contributed by atoms with Gasteiger partial charge in [-0.05, 0) is 22.3 Å². The molecular formula is C20H17NO3. The van der Waals surface area contributed by atoms with Crippen LogP contribution in [0, 0.1) is 12.3 Å². The van der Waals surface area contributed by atoms with Crippen molar-refractivity contribution >= 4 is 11.9 Å². The molecule has 0 saturated carbocycles. The molecule has 1 aliphatic rings. The van der Waals surface area contributed by atoms with Crippen molar-refractivity contribution < 1.29 is 14.3 Å². The quantitative estimate of drug-likeness (QED) is 0.696. The van der Waals surface area contributed by atoms with Gasteiger partial charge < -0.3 is 10.1 Å². The first-order valence-corrected chi connectivity index (χ1v) is 7.67. The lowest BCUT2D eigenvalue weighted by Gasteiger charge is -2.18. The highest BCUT2D eigenvalue weighted by Gasteiger charge is 2.35. The van der Waals surface area contributed by atoms with Crippen LogP contribution in [0.25, 0.3) is 11.1 Å². The molecule has 0 radical (unpaired) electrons. The van der Waals surface area contributed by atoms with Crippen molar-refractivity contribution in [3.05, 3.63) is 59.7 Å². The van der Waals surface area contributed by atoms with E-state index in [0.29, 0.717) is 0 Å². The third kappa shape index (κ3) is 2.65. The van der Waals surface area contributed by atoms with Crippen molar-refractivity contribution in [3.8, 4) is 23.5 Å². The molecule has 0 fully saturated rings. The molecule has 0 unspecified atom stereocenters. The average molecular weight is 319 g/mol. The maximum absolute atomic E-state index is 12.9. The molecule has 0 spiro atoms. The number of terminal acetylenes is 1. The van der Waals surface area contributed by atoms with Crippen molar-refractivity contribution in [2.24, 2.45) is 0 Å². The predicted octanol–water partition coefficient (Wildman–Crippen LogP) is 2.48. The van der Waals surface area contributed by atoms with Crippen LogP contribution in [-0.2, 0) is 14.3 Å².